The lowest BCUT2D eigenvalue weighted by Gasteiger charge is -2.35. The van der Waals surface area contributed by atoms with Crippen molar-refractivity contribution in [1.82, 2.24) is 0 Å². The fourth-order valence-corrected chi connectivity index (χ4v) is 7.26. The van der Waals surface area contributed by atoms with Crippen LogP contribution in [0.3, 0.4) is 0 Å². The Labute approximate surface area is 343 Å². The van der Waals surface area contributed by atoms with Crippen LogP contribution in [0.1, 0.15) is 47.9 Å². The predicted octanol–water partition coefficient (Wildman–Crippen LogP) is 10.6. The Morgan fingerprint density at radius 2 is 0.793 bits per heavy atom. The van der Waals surface area contributed by atoms with Crippen LogP contribution in [0.5, 0.6) is 23.0 Å². The quantitative estimate of drug-likeness (QED) is 0.0543. The molecule has 10 heteroatoms. The van der Waals surface area contributed by atoms with Gasteiger partial charge in [-0.15, -0.1) is 0 Å². The number of methoxy groups -OCH3 is 4. The van der Waals surface area contributed by atoms with E-state index in [0.29, 0.717) is 26.1 Å². The van der Waals surface area contributed by atoms with Crippen LogP contribution in [-0.2, 0) is 9.47 Å². The number of allylic oxidation sites excluding steroid dienone is 2. The van der Waals surface area contributed by atoms with Gasteiger partial charge in [0.25, 0.3) is 0 Å². The third kappa shape index (κ3) is 10.6. The minimum absolute atomic E-state index is 0.535. The highest BCUT2D eigenvalue weighted by Gasteiger charge is 2.31. The van der Waals surface area contributed by atoms with Crippen LogP contribution in [0, 0.1) is 27.7 Å². The third-order valence-electron chi connectivity index (χ3n) is 10.4. The summed E-state index contributed by atoms with van der Waals surface area (Å²) in [5.74, 6) is 3.42. The standard InChI is InChI=1S/C48H58N4O6/c1-33-29-39(11-15-43(33)53-5)49-37-19-23-47(24-20-37,51-41-13-17-45(55-7)35(3)31-41)57-27-9-10-28-58-48(52-42-14-18-46(56-8)36(4)32-42)25-21-38(22-26-48)50-40-12-16-44(54-6)34(2)30-40/h11-23,25,29-32,49-52H,9-10,24,26-28H2,1-8H3. The molecule has 58 heavy (non-hydrogen) atoms. The second kappa shape index (κ2) is 19.1. The largest absolute Gasteiger partial charge is 0.496 e. The fraction of sp³-hybridized carbons (Fsp3) is 0.333. The van der Waals surface area contributed by atoms with Gasteiger partial charge in [-0.05, 0) is 160 Å². The summed E-state index contributed by atoms with van der Waals surface area (Å²) in [5.41, 5.74) is 8.67. The van der Waals surface area contributed by atoms with E-state index in [2.05, 4.69) is 82.0 Å². The summed E-state index contributed by atoms with van der Waals surface area (Å²) < 4.78 is 35.4. The van der Waals surface area contributed by atoms with E-state index in [4.69, 9.17) is 28.4 Å². The molecule has 2 aliphatic rings. The van der Waals surface area contributed by atoms with Crippen molar-refractivity contribution < 1.29 is 28.4 Å². The van der Waals surface area contributed by atoms with Crippen LogP contribution in [0.2, 0.25) is 0 Å². The summed E-state index contributed by atoms with van der Waals surface area (Å²) in [7, 11) is 6.76. The molecule has 0 radical (unpaired) electrons. The van der Waals surface area contributed by atoms with E-state index in [1.807, 2.05) is 76.2 Å². The molecule has 0 bridgehead atoms. The Bertz CT molecular complexity index is 2020. The zero-order valence-electron chi connectivity index (χ0n) is 35.1. The van der Waals surface area contributed by atoms with E-state index in [1.165, 1.54) is 0 Å². The third-order valence-corrected chi connectivity index (χ3v) is 10.4. The molecule has 0 saturated heterocycles. The van der Waals surface area contributed by atoms with Crippen molar-refractivity contribution in [3.63, 3.8) is 0 Å². The van der Waals surface area contributed by atoms with Crippen molar-refractivity contribution in [2.45, 2.75) is 64.8 Å². The van der Waals surface area contributed by atoms with Crippen LogP contribution in [-0.4, -0.2) is 53.1 Å². The van der Waals surface area contributed by atoms with Crippen molar-refractivity contribution in [1.29, 1.82) is 0 Å². The molecular weight excluding hydrogens is 729 g/mol. The topological polar surface area (TPSA) is 104 Å². The molecule has 6 rings (SSSR count). The number of hydrogen-bond donors (Lipinski definition) is 4. The Hall–Kier alpha value is -5.84. The Morgan fingerprint density at radius 1 is 0.466 bits per heavy atom. The number of aryl methyl sites for hydroxylation is 4. The van der Waals surface area contributed by atoms with Gasteiger partial charge < -0.3 is 49.7 Å². The highest BCUT2D eigenvalue weighted by atomic mass is 16.5. The van der Waals surface area contributed by atoms with Crippen LogP contribution < -0.4 is 40.2 Å². The molecule has 2 atom stereocenters. The average Bonchev–Trinajstić information content (AvgIpc) is 3.21. The molecule has 0 heterocycles. The van der Waals surface area contributed by atoms with Gasteiger partial charge in [0.15, 0.2) is 11.4 Å². The Kier molecular flexibility index (Phi) is 13.7. The predicted molar refractivity (Wildman–Crippen MR) is 236 cm³/mol. The van der Waals surface area contributed by atoms with E-state index in [9.17, 15) is 0 Å². The summed E-state index contributed by atoms with van der Waals surface area (Å²) >= 11 is 0. The zero-order chi connectivity index (χ0) is 41.1. The minimum atomic E-state index is -0.735. The van der Waals surface area contributed by atoms with Crippen molar-refractivity contribution >= 4 is 22.7 Å². The molecule has 0 spiro atoms. The normalized spacial score (nSPS) is 18.5. The lowest BCUT2D eigenvalue weighted by Crippen LogP contribution is -2.41. The van der Waals surface area contributed by atoms with Crippen molar-refractivity contribution in [3.05, 3.63) is 143 Å². The molecule has 2 unspecified atom stereocenters. The number of ether oxygens (including phenoxy) is 6. The maximum absolute atomic E-state index is 6.72. The van der Waals surface area contributed by atoms with Gasteiger partial charge in [0.05, 0.1) is 28.4 Å². The fourth-order valence-electron chi connectivity index (χ4n) is 7.26. The summed E-state index contributed by atoms with van der Waals surface area (Å²) in [6.45, 7) is 9.24. The van der Waals surface area contributed by atoms with Gasteiger partial charge in [-0.1, -0.05) is 12.2 Å². The summed E-state index contributed by atoms with van der Waals surface area (Å²) in [5, 5.41) is 14.4. The van der Waals surface area contributed by atoms with Crippen LogP contribution in [0.25, 0.3) is 0 Å². The van der Waals surface area contributed by atoms with E-state index in [-0.39, 0.29) is 0 Å². The maximum Gasteiger partial charge on any atom is 0.161 e. The molecular formula is C48H58N4O6. The highest BCUT2D eigenvalue weighted by Crippen LogP contribution is 2.33. The molecule has 0 aromatic heterocycles. The molecule has 0 saturated carbocycles. The second-order valence-electron chi connectivity index (χ2n) is 14.8. The lowest BCUT2D eigenvalue weighted by atomic mass is 10.0. The first-order valence-electron chi connectivity index (χ1n) is 19.8. The molecule has 2 aliphatic carbocycles. The summed E-state index contributed by atoms with van der Waals surface area (Å²) in [6, 6.07) is 24.4. The van der Waals surface area contributed by atoms with Gasteiger partial charge in [-0.2, -0.15) is 0 Å². The number of hydrogen-bond acceptors (Lipinski definition) is 10. The number of benzene rings is 4. The SMILES string of the molecule is COc1ccc(NC2=CCC(Nc3ccc(OC)c(C)c3)(OCCCCOC3(Nc4ccc(OC)c(C)c4)C=CC(Nc4ccc(OC)c(C)c4)=CC3)C=C2)cc1C. The number of anilines is 4. The molecule has 0 fully saturated rings. The monoisotopic (exact) mass is 786 g/mol. The van der Waals surface area contributed by atoms with E-state index < -0.39 is 11.4 Å². The van der Waals surface area contributed by atoms with Gasteiger partial charge in [0.1, 0.15) is 23.0 Å². The van der Waals surface area contributed by atoms with E-state index in [0.717, 1.165) is 92.2 Å². The summed E-state index contributed by atoms with van der Waals surface area (Å²) in [4.78, 5) is 0. The van der Waals surface area contributed by atoms with Gasteiger partial charge >= 0.3 is 0 Å². The van der Waals surface area contributed by atoms with Gasteiger partial charge in [-0.3, -0.25) is 0 Å². The van der Waals surface area contributed by atoms with Crippen molar-refractivity contribution in [2.75, 3.05) is 62.9 Å². The zero-order valence-corrected chi connectivity index (χ0v) is 35.1. The summed E-state index contributed by atoms with van der Waals surface area (Å²) in [6.07, 6.45) is 15.6. The number of rotatable bonds is 19. The number of unbranched alkanes of at least 4 members (excludes halogenated alkanes) is 1. The highest BCUT2D eigenvalue weighted by molar-refractivity contribution is 5.59. The first kappa shape index (κ1) is 41.8. The molecule has 306 valence electrons. The van der Waals surface area contributed by atoms with Crippen LogP contribution >= 0.6 is 0 Å². The molecule has 4 N–H and O–H groups in total. The van der Waals surface area contributed by atoms with Crippen LogP contribution in [0.4, 0.5) is 22.7 Å². The lowest BCUT2D eigenvalue weighted by molar-refractivity contribution is -0.00748. The molecule has 0 amide bonds. The van der Waals surface area contributed by atoms with Crippen molar-refractivity contribution in [2.24, 2.45) is 0 Å². The van der Waals surface area contributed by atoms with Gasteiger partial charge in [0.2, 0.25) is 0 Å². The molecule has 4 aromatic carbocycles. The molecule has 10 nitrogen and oxygen atoms in total. The first-order chi connectivity index (χ1) is 28.0. The Balaban J connectivity index is 1.10. The van der Waals surface area contributed by atoms with Gasteiger partial charge in [-0.25, -0.2) is 0 Å². The second-order valence-corrected chi connectivity index (χ2v) is 14.8. The first-order valence-corrected chi connectivity index (χ1v) is 19.8. The molecule has 0 aliphatic heterocycles. The van der Waals surface area contributed by atoms with E-state index in [1.54, 1.807) is 28.4 Å². The minimum Gasteiger partial charge on any atom is -0.496 e. The average molecular weight is 787 g/mol. The smallest absolute Gasteiger partial charge is 0.161 e. The van der Waals surface area contributed by atoms with Crippen molar-refractivity contribution in [3.8, 4) is 23.0 Å². The Morgan fingerprint density at radius 3 is 1.09 bits per heavy atom. The van der Waals surface area contributed by atoms with E-state index >= 15 is 0 Å². The number of nitrogens with one attached hydrogen (secondary N) is 4. The molecule has 4 aromatic rings. The van der Waals surface area contributed by atoms with Gasteiger partial charge in [0, 0.05) is 60.2 Å². The van der Waals surface area contributed by atoms with Crippen LogP contribution in [0.15, 0.2) is 121 Å². The maximum atomic E-state index is 6.72.